The fourth-order valence-corrected chi connectivity index (χ4v) is 0.971. The molecule has 0 saturated carbocycles. The van der Waals surface area contributed by atoms with E-state index in [0.717, 1.165) is 17.8 Å². The van der Waals surface area contributed by atoms with Crippen LogP contribution in [0.4, 0.5) is 5.69 Å². The van der Waals surface area contributed by atoms with Crippen molar-refractivity contribution in [2.24, 2.45) is 5.73 Å². The number of rotatable bonds is 4. The average Bonchev–Trinajstić information content (AvgIpc) is 2.15. The molecule has 13 heavy (non-hydrogen) atoms. The highest BCUT2D eigenvalue weighted by molar-refractivity contribution is 5.78. The molecule has 1 aromatic rings. The number of aromatic nitrogens is 1. The monoisotopic (exact) mass is 179 g/mol. The Morgan fingerprint density at radius 3 is 3.08 bits per heavy atom. The van der Waals surface area contributed by atoms with Gasteiger partial charge in [-0.15, -0.1) is 0 Å². The van der Waals surface area contributed by atoms with Crippen LogP contribution in [0.5, 0.6) is 0 Å². The predicted molar refractivity (Wildman–Crippen MR) is 51.3 cm³/mol. The predicted octanol–water partition coefficient (Wildman–Crippen LogP) is 0.541. The number of aryl methyl sites for hydroxylation is 1. The van der Waals surface area contributed by atoms with Crippen LogP contribution in [0.15, 0.2) is 18.3 Å². The third kappa shape index (κ3) is 3.11. The lowest BCUT2D eigenvalue weighted by Crippen LogP contribution is -2.21. The van der Waals surface area contributed by atoms with Gasteiger partial charge in [0.1, 0.15) is 0 Å². The number of hydrogen-bond acceptors (Lipinski definition) is 3. The van der Waals surface area contributed by atoms with E-state index in [1.807, 2.05) is 19.1 Å². The number of carbonyl (C=O) groups is 1. The normalized spacial score (nSPS) is 9.62. The molecule has 3 N–H and O–H groups in total. The van der Waals surface area contributed by atoms with Crippen molar-refractivity contribution in [2.75, 3.05) is 11.9 Å². The summed E-state index contributed by atoms with van der Waals surface area (Å²) in [5.41, 5.74) is 6.87. The van der Waals surface area contributed by atoms with Gasteiger partial charge in [-0.25, -0.2) is 0 Å². The summed E-state index contributed by atoms with van der Waals surface area (Å²) in [5.74, 6) is -0.366. The maximum Gasteiger partial charge on any atom is 0.236 e. The number of carbonyl (C=O) groups excluding carboxylic acids is 1. The smallest absolute Gasteiger partial charge is 0.236 e. The number of amides is 1. The summed E-state index contributed by atoms with van der Waals surface area (Å²) in [7, 11) is 0. The van der Waals surface area contributed by atoms with Crippen LogP contribution in [-0.2, 0) is 11.2 Å². The van der Waals surface area contributed by atoms with E-state index in [0.29, 0.717) is 0 Å². The van der Waals surface area contributed by atoms with E-state index >= 15 is 0 Å². The minimum Gasteiger partial charge on any atom is -0.376 e. The van der Waals surface area contributed by atoms with Gasteiger partial charge in [-0.1, -0.05) is 6.92 Å². The first kappa shape index (κ1) is 9.51. The quantitative estimate of drug-likeness (QED) is 0.708. The number of primary amides is 1. The Balaban J connectivity index is 2.61. The lowest BCUT2D eigenvalue weighted by molar-refractivity contribution is -0.116. The number of nitrogens with zero attached hydrogens (tertiary/aromatic N) is 1. The zero-order valence-corrected chi connectivity index (χ0v) is 7.58. The van der Waals surface area contributed by atoms with Gasteiger partial charge in [-0.05, 0) is 18.6 Å². The molecule has 0 unspecified atom stereocenters. The van der Waals surface area contributed by atoms with E-state index in [1.165, 1.54) is 0 Å². The molecule has 0 aliphatic rings. The van der Waals surface area contributed by atoms with E-state index in [1.54, 1.807) is 6.20 Å². The molecule has 1 rings (SSSR count). The molecular weight excluding hydrogens is 166 g/mol. The van der Waals surface area contributed by atoms with Gasteiger partial charge in [0.25, 0.3) is 0 Å². The van der Waals surface area contributed by atoms with Crippen molar-refractivity contribution in [2.45, 2.75) is 13.3 Å². The molecule has 1 heterocycles. The van der Waals surface area contributed by atoms with E-state index in [9.17, 15) is 4.79 Å². The molecule has 0 aromatic carbocycles. The molecule has 4 heteroatoms. The largest absolute Gasteiger partial charge is 0.376 e. The molecule has 1 amide bonds. The second-order valence-corrected chi connectivity index (χ2v) is 2.71. The van der Waals surface area contributed by atoms with Gasteiger partial charge in [0.15, 0.2) is 0 Å². The highest BCUT2D eigenvalue weighted by Crippen LogP contribution is 2.07. The van der Waals surface area contributed by atoms with Crippen LogP contribution in [0.25, 0.3) is 0 Å². The van der Waals surface area contributed by atoms with E-state index in [4.69, 9.17) is 5.73 Å². The Morgan fingerprint density at radius 2 is 2.46 bits per heavy atom. The molecule has 0 spiro atoms. The molecule has 4 nitrogen and oxygen atoms in total. The maximum absolute atomic E-state index is 10.5. The van der Waals surface area contributed by atoms with Gasteiger partial charge in [0, 0.05) is 17.6 Å². The molecule has 70 valence electrons. The maximum atomic E-state index is 10.5. The summed E-state index contributed by atoms with van der Waals surface area (Å²) >= 11 is 0. The van der Waals surface area contributed by atoms with Crippen molar-refractivity contribution in [1.82, 2.24) is 4.98 Å². The minimum atomic E-state index is -0.366. The number of pyridine rings is 1. The zero-order chi connectivity index (χ0) is 9.68. The highest BCUT2D eigenvalue weighted by Gasteiger charge is 1.96. The second-order valence-electron chi connectivity index (χ2n) is 2.71. The van der Waals surface area contributed by atoms with Gasteiger partial charge in [0.05, 0.1) is 6.54 Å². The number of hydrogen-bond donors (Lipinski definition) is 2. The van der Waals surface area contributed by atoms with Crippen molar-refractivity contribution in [3.8, 4) is 0 Å². The summed E-state index contributed by atoms with van der Waals surface area (Å²) in [4.78, 5) is 14.6. The Kier molecular flexibility index (Phi) is 3.25. The third-order valence-electron chi connectivity index (χ3n) is 1.65. The van der Waals surface area contributed by atoms with Gasteiger partial charge < -0.3 is 11.1 Å². The first-order chi connectivity index (χ1) is 6.22. The number of nitrogens with two attached hydrogens (primary N) is 1. The second kappa shape index (κ2) is 4.45. The lowest BCUT2D eigenvalue weighted by atomic mass is 10.2. The van der Waals surface area contributed by atoms with Crippen LogP contribution < -0.4 is 11.1 Å². The topological polar surface area (TPSA) is 68.0 Å². The van der Waals surface area contributed by atoms with Gasteiger partial charge in [-0.2, -0.15) is 0 Å². The van der Waals surface area contributed by atoms with Crippen LogP contribution in [0.3, 0.4) is 0 Å². The van der Waals surface area contributed by atoms with Crippen molar-refractivity contribution in [3.05, 3.63) is 24.0 Å². The first-order valence-corrected chi connectivity index (χ1v) is 4.19. The first-order valence-electron chi connectivity index (χ1n) is 4.19. The van der Waals surface area contributed by atoms with Crippen LogP contribution in [0.1, 0.15) is 12.6 Å². The summed E-state index contributed by atoms with van der Waals surface area (Å²) in [6.07, 6.45) is 2.59. The lowest BCUT2D eigenvalue weighted by Gasteiger charge is -2.04. The standard InChI is InChI=1S/C9H13N3O/c1-2-7-5-8(3-4-11-7)12-6-9(10)13/h3-5H,2,6H2,1H3,(H2,10,13)(H,11,12). The Labute approximate surface area is 77.2 Å². The number of anilines is 1. The molecule has 0 atom stereocenters. The average molecular weight is 179 g/mol. The molecular formula is C9H13N3O. The molecule has 1 aromatic heterocycles. The summed E-state index contributed by atoms with van der Waals surface area (Å²) < 4.78 is 0. The van der Waals surface area contributed by atoms with Crippen molar-refractivity contribution in [1.29, 1.82) is 0 Å². The Morgan fingerprint density at radius 1 is 1.69 bits per heavy atom. The highest BCUT2D eigenvalue weighted by atomic mass is 16.1. The molecule has 0 aliphatic carbocycles. The molecule has 0 bridgehead atoms. The van der Waals surface area contributed by atoms with Crippen LogP contribution >= 0.6 is 0 Å². The van der Waals surface area contributed by atoms with Crippen LogP contribution in [-0.4, -0.2) is 17.4 Å². The van der Waals surface area contributed by atoms with E-state index < -0.39 is 0 Å². The van der Waals surface area contributed by atoms with Crippen molar-refractivity contribution >= 4 is 11.6 Å². The zero-order valence-electron chi connectivity index (χ0n) is 7.58. The summed E-state index contributed by atoms with van der Waals surface area (Å²) in [5, 5.41) is 2.90. The van der Waals surface area contributed by atoms with Crippen molar-refractivity contribution in [3.63, 3.8) is 0 Å². The van der Waals surface area contributed by atoms with Gasteiger partial charge in [-0.3, -0.25) is 9.78 Å². The van der Waals surface area contributed by atoms with Gasteiger partial charge in [0.2, 0.25) is 5.91 Å². The fraction of sp³-hybridized carbons (Fsp3) is 0.333. The fourth-order valence-electron chi connectivity index (χ4n) is 0.971. The Bertz CT molecular complexity index is 299. The van der Waals surface area contributed by atoms with E-state index in [-0.39, 0.29) is 12.5 Å². The van der Waals surface area contributed by atoms with Gasteiger partial charge >= 0.3 is 0 Å². The Hall–Kier alpha value is -1.58. The molecule has 0 fully saturated rings. The molecule has 0 radical (unpaired) electrons. The van der Waals surface area contributed by atoms with E-state index in [2.05, 4.69) is 10.3 Å². The van der Waals surface area contributed by atoms with Crippen LogP contribution in [0.2, 0.25) is 0 Å². The number of nitrogens with one attached hydrogen (secondary N) is 1. The van der Waals surface area contributed by atoms with Crippen molar-refractivity contribution < 1.29 is 4.79 Å². The summed E-state index contributed by atoms with van der Waals surface area (Å²) in [6.45, 7) is 2.19. The molecule has 0 aliphatic heterocycles. The molecule has 0 saturated heterocycles. The summed E-state index contributed by atoms with van der Waals surface area (Å²) in [6, 6.07) is 3.71. The van der Waals surface area contributed by atoms with Crippen LogP contribution in [0, 0.1) is 0 Å². The minimum absolute atomic E-state index is 0.160. The SMILES string of the molecule is CCc1cc(NCC(N)=O)ccn1. The third-order valence-corrected chi connectivity index (χ3v) is 1.65.